The SMILES string of the molecule is COC(=O)NCC(=O)N1CCCC1c1ncc(-c2ccc3c(c2)OC(c2ccco2)c2c-3[nH]c3ccc(-c4cnc(C5CCN5C(=O)C(NC(=O)OC)C(C)C)[nH]4)cc23)[nH]1. The molecule has 4 unspecified atom stereocenters. The Morgan fingerprint density at radius 3 is 2.25 bits per heavy atom. The molecule has 5 N–H and O–H groups in total. The predicted octanol–water partition coefficient (Wildman–Crippen LogP) is 6.36. The summed E-state index contributed by atoms with van der Waals surface area (Å²) >= 11 is 0. The van der Waals surface area contributed by atoms with Crippen molar-refractivity contribution in [3.63, 3.8) is 0 Å². The molecule has 0 saturated carbocycles. The number of hydrogen-bond acceptors (Lipinski definition) is 10. The van der Waals surface area contributed by atoms with Crippen LogP contribution in [0.3, 0.4) is 0 Å². The Bertz CT molecular complexity index is 2590. The number of likely N-dealkylation sites (tertiary alicyclic amines) is 2. The Morgan fingerprint density at radius 1 is 0.867 bits per heavy atom. The van der Waals surface area contributed by atoms with E-state index in [4.69, 9.17) is 18.9 Å². The summed E-state index contributed by atoms with van der Waals surface area (Å²) in [7, 11) is 2.54. The molecule has 9 rings (SSSR count). The first-order chi connectivity index (χ1) is 29.1. The monoisotopic (exact) mass is 815 g/mol. The molecule has 2 saturated heterocycles. The van der Waals surface area contributed by atoms with Crippen LogP contribution >= 0.6 is 0 Å². The molecule has 7 heterocycles. The zero-order valence-corrected chi connectivity index (χ0v) is 33.5. The number of alkyl carbamates (subject to hydrolysis) is 2. The Hall–Kier alpha value is -7.04. The number of fused-ring (bicyclic) bond motifs is 5. The lowest BCUT2D eigenvalue weighted by Crippen LogP contribution is -2.56. The first-order valence-corrected chi connectivity index (χ1v) is 20.0. The van der Waals surface area contributed by atoms with Crippen LogP contribution in [0.15, 0.2) is 71.6 Å². The van der Waals surface area contributed by atoms with Crippen LogP contribution in [0.4, 0.5) is 9.59 Å². The molecule has 4 amide bonds. The maximum atomic E-state index is 13.5. The van der Waals surface area contributed by atoms with E-state index in [2.05, 4.69) is 41.4 Å². The van der Waals surface area contributed by atoms with Crippen molar-refractivity contribution in [1.82, 2.24) is 45.4 Å². The lowest BCUT2D eigenvalue weighted by atomic mass is 9.94. The predicted molar refractivity (Wildman–Crippen MR) is 217 cm³/mol. The van der Waals surface area contributed by atoms with E-state index in [1.807, 2.05) is 56.3 Å². The molecule has 17 nitrogen and oxygen atoms in total. The highest BCUT2D eigenvalue weighted by molar-refractivity contribution is 5.96. The number of carbonyl (C=O) groups is 4. The van der Waals surface area contributed by atoms with Crippen LogP contribution in [0, 0.1) is 5.92 Å². The average molecular weight is 816 g/mol. The van der Waals surface area contributed by atoms with E-state index in [1.54, 1.807) is 28.5 Å². The number of carbonyl (C=O) groups excluding carboxylic acids is 4. The Labute approximate surface area is 344 Å². The quantitative estimate of drug-likeness (QED) is 0.103. The van der Waals surface area contributed by atoms with E-state index in [9.17, 15) is 19.2 Å². The number of furan rings is 1. The summed E-state index contributed by atoms with van der Waals surface area (Å²) in [6.45, 7) is 4.75. The van der Waals surface area contributed by atoms with Gasteiger partial charge in [-0.2, -0.15) is 0 Å². The number of imidazole rings is 2. The van der Waals surface area contributed by atoms with Crippen LogP contribution in [0.2, 0.25) is 0 Å². The lowest BCUT2D eigenvalue weighted by Gasteiger charge is -2.42. The van der Waals surface area contributed by atoms with Crippen molar-refractivity contribution >= 4 is 34.9 Å². The molecule has 2 aromatic carbocycles. The third kappa shape index (κ3) is 6.88. The molecule has 0 radical (unpaired) electrons. The molecule has 0 aliphatic carbocycles. The zero-order valence-electron chi connectivity index (χ0n) is 33.5. The van der Waals surface area contributed by atoms with Gasteiger partial charge in [-0.3, -0.25) is 9.59 Å². The summed E-state index contributed by atoms with van der Waals surface area (Å²) in [5, 5.41) is 6.11. The van der Waals surface area contributed by atoms with Gasteiger partial charge in [0.05, 0.1) is 62.0 Å². The molecule has 310 valence electrons. The van der Waals surface area contributed by atoms with Crippen molar-refractivity contribution < 1.29 is 37.8 Å². The van der Waals surface area contributed by atoms with Gasteiger partial charge in [0.2, 0.25) is 11.8 Å². The number of benzene rings is 2. The Balaban J connectivity index is 0.989. The number of nitrogens with one attached hydrogen (secondary N) is 5. The highest BCUT2D eigenvalue weighted by Crippen LogP contribution is 2.49. The van der Waals surface area contributed by atoms with Crippen molar-refractivity contribution in [2.24, 2.45) is 5.92 Å². The molecule has 2 fully saturated rings. The van der Waals surface area contributed by atoms with Gasteiger partial charge in [-0.25, -0.2) is 19.6 Å². The van der Waals surface area contributed by atoms with Crippen LogP contribution in [-0.2, 0) is 19.1 Å². The van der Waals surface area contributed by atoms with E-state index in [0.717, 1.165) is 69.5 Å². The van der Waals surface area contributed by atoms with Gasteiger partial charge in [-0.05, 0) is 61.6 Å². The van der Waals surface area contributed by atoms with Crippen LogP contribution in [0.25, 0.3) is 44.7 Å². The van der Waals surface area contributed by atoms with E-state index in [1.165, 1.54) is 14.2 Å². The van der Waals surface area contributed by atoms with Gasteiger partial charge in [0.25, 0.3) is 0 Å². The number of aromatic nitrogens is 5. The molecule has 4 atom stereocenters. The van der Waals surface area contributed by atoms with Gasteiger partial charge in [0.1, 0.15) is 35.7 Å². The van der Waals surface area contributed by atoms with E-state index < -0.39 is 24.3 Å². The highest BCUT2D eigenvalue weighted by Gasteiger charge is 2.40. The second-order valence-electron chi connectivity index (χ2n) is 15.5. The molecule has 0 bridgehead atoms. The summed E-state index contributed by atoms with van der Waals surface area (Å²) in [5.41, 5.74) is 7.00. The fourth-order valence-electron chi connectivity index (χ4n) is 8.48. The first kappa shape index (κ1) is 38.5. The first-order valence-electron chi connectivity index (χ1n) is 20.0. The lowest BCUT2D eigenvalue weighted by molar-refractivity contribution is -0.142. The minimum atomic E-state index is -0.715. The van der Waals surface area contributed by atoms with Gasteiger partial charge >= 0.3 is 12.2 Å². The summed E-state index contributed by atoms with van der Waals surface area (Å²) in [4.78, 5) is 73.4. The minimum Gasteiger partial charge on any atom is -0.477 e. The molecule has 60 heavy (non-hydrogen) atoms. The fourth-order valence-corrected chi connectivity index (χ4v) is 8.48. The Morgan fingerprint density at radius 2 is 1.58 bits per heavy atom. The van der Waals surface area contributed by atoms with Gasteiger partial charge in [-0.15, -0.1) is 0 Å². The van der Waals surface area contributed by atoms with Crippen LogP contribution in [0.5, 0.6) is 5.75 Å². The normalized spacial score (nSPS) is 18.6. The molecule has 3 aliphatic heterocycles. The second kappa shape index (κ2) is 15.6. The standard InChI is InChI=1S/C43H45N9O8/c1-22(2)36(50-43(56)58-4)41(54)52-15-13-31(52)40-45-19-28(48-40)23-10-12-27-26(17-23)35-37(47-27)25-11-9-24(18-33(25)60-38(35)32-8-6-16-59-32)29-20-44-39(49-29)30-7-5-14-51(30)34(53)21-46-42(55)57-3/h6,8-12,16-20,22,30-31,36,38,47H,5,7,13-15,21H2,1-4H3,(H,44,49)(H,45,48)(H,46,55)(H,50,56). The molecular formula is C43H45N9O8. The number of hydrogen-bond donors (Lipinski definition) is 5. The summed E-state index contributed by atoms with van der Waals surface area (Å²) in [5.74, 6) is 2.15. The van der Waals surface area contributed by atoms with E-state index in [-0.39, 0.29) is 36.4 Å². The highest BCUT2D eigenvalue weighted by atomic mass is 16.5. The van der Waals surface area contributed by atoms with Crippen molar-refractivity contribution in [2.45, 2.75) is 57.3 Å². The largest absolute Gasteiger partial charge is 0.477 e. The van der Waals surface area contributed by atoms with Crippen LogP contribution in [0.1, 0.15) is 74.3 Å². The molecular weight excluding hydrogens is 771 g/mol. The fraction of sp³-hybridized carbons (Fsp3) is 0.349. The summed E-state index contributed by atoms with van der Waals surface area (Å²) in [6, 6.07) is 14.7. The maximum absolute atomic E-state index is 13.5. The molecule has 6 aromatic rings. The van der Waals surface area contributed by atoms with Crippen molar-refractivity contribution in [3.05, 3.63) is 90.2 Å². The number of rotatable bonds is 10. The molecule has 0 spiro atoms. The van der Waals surface area contributed by atoms with Gasteiger partial charge in [-0.1, -0.05) is 26.0 Å². The number of nitrogens with zero attached hydrogens (tertiary/aromatic N) is 4. The zero-order chi connectivity index (χ0) is 41.7. The minimum absolute atomic E-state index is 0.130. The summed E-state index contributed by atoms with van der Waals surface area (Å²) in [6.07, 6.45) is 5.64. The van der Waals surface area contributed by atoms with Crippen LogP contribution < -0.4 is 15.4 Å². The molecule has 3 aliphatic rings. The number of H-pyrrole nitrogens is 3. The second-order valence-corrected chi connectivity index (χ2v) is 15.5. The third-order valence-electron chi connectivity index (χ3n) is 11.7. The number of methoxy groups -OCH3 is 2. The van der Waals surface area contributed by atoms with E-state index in [0.29, 0.717) is 36.2 Å². The van der Waals surface area contributed by atoms with Gasteiger partial charge in [0, 0.05) is 46.2 Å². The van der Waals surface area contributed by atoms with Gasteiger partial charge < -0.3 is 54.0 Å². The average Bonchev–Trinajstić information content (AvgIpc) is 4.10. The molecule has 4 aromatic heterocycles. The van der Waals surface area contributed by atoms with E-state index >= 15 is 0 Å². The molecule has 17 heteroatoms. The third-order valence-corrected chi connectivity index (χ3v) is 11.7. The Kier molecular flexibility index (Phi) is 10.0. The summed E-state index contributed by atoms with van der Waals surface area (Å²) < 4.78 is 22.1. The topological polar surface area (TPSA) is 213 Å². The number of ether oxygens (including phenoxy) is 3. The van der Waals surface area contributed by atoms with Crippen molar-refractivity contribution in [3.8, 4) is 39.5 Å². The van der Waals surface area contributed by atoms with Crippen molar-refractivity contribution in [2.75, 3.05) is 33.9 Å². The smallest absolute Gasteiger partial charge is 0.407 e. The van der Waals surface area contributed by atoms with Crippen molar-refractivity contribution in [1.29, 1.82) is 0 Å². The van der Waals surface area contributed by atoms with Crippen LogP contribution in [-0.4, -0.2) is 98.6 Å². The van der Waals surface area contributed by atoms with Gasteiger partial charge in [0.15, 0.2) is 6.10 Å². The number of amides is 4. The maximum Gasteiger partial charge on any atom is 0.407 e. The number of aromatic amines is 3.